The number of hydrogen-bond donors (Lipinski definition) is 4. The van der Waals surface area contributed by atoms with Crippen LogP contribution in [-0.4, -0.2) is 32.2 Å². The molecule has 0 saturated carbocycles. The van der Waals surface area contributed by atoms with Gasteiger partial charge in [0, 0.05) is 16.7 Å². The molecule has 1 heterocycles. The molecule has 4 rings (SSSR count). The lowest BCUT2D eigenvalue weighted by molar-refractivity contribution is 0.252. The minimum Gasteiger partial charge on any atom is -0.508 e. The summed E-state index contributed by atoms with van der Waals surface area (Å²) in [4.78, 5) is 12.4. The Balaban J connectivity index is 1.49. The van der Waals surface area contributed by atoms with Crippen molar-refractivity contribution in [3.8, 4) is 22.1 Å². The number of carbonyl (C=O) groups excluding carboxylic acids is 1. The Hall–Kier alpha value is -4.24. The molecule has 31 heavy (non-hydrogen) atoms. The smallest absolute Gasteiger partial charge is 0.341 e. The van der Waals surface area contributed by atoms with Gasteiger partial charge in [-0.1, -0.05) is 41.7 Å². The molecule has 4 N–H and O–H groups in total. The van der Waals surface area contributed by atoms with E-state index in [0.29, 0.717) is 15.9 Å². The first-order chi connectivity index (χ1) is 15.1. The number of nitrogens with one attached hydrogen (secondary N) is 2. The van der Waals surface area contributed by atoms with Gasteiger partial charge >= 0.3 is 6.03 Å². The molecule has 0 saturated heterocycles. The van der Waals surface area contributed by atoms with Crippen molar-refractivity contribution in [1.29, 1.82) is 0 Å². The van der Waals surface area contributed by atoms with Crippen molar-refractivity contribution < 1.29 is 15.0 Å². The fourth-order valence-electron chi connectivity index (χ4n) is 2.74. The molecule has 0 aliphatic carbocycles. The van der Waals surface area contributed by atoms with Gasteiger partial charge in [0.1, 0.15) is 16.5 Å². The molecule has 3 aromatic carbocycles. The van der Waals surface area contributed by atoms with E-state index in [0.717, 1.165) is 16.7 Å². The Labute approximate surface area is 181 Å². The van der Waals surface area contributed by atoms with Crippen LogP contribution in [0.15, 0.2) is 84.0 Å². The van der Waals surface area contributed by atoms with E-state index in [1.807, 2.05) is 30.3 Å². The van der Waals surface area contributed by atoms with Gasteiger partial charge in [-0.25, -0.2) is 10.2 Å². The molecule has 1 aromatic heterocycles. The van der Waals surface area contributed by atoms with Gasteiger partial charge in [-0.3, -0.25) is 5.32 Å². The van der Waals surface area contributed by atoms with Crippen molar-refractivity contribution in [2.45, 2.75) is 0 Å². The van der Waals surface area contributed by atoms with Gasteiger partial charge < -0.3 is 10.2 Å². The van der Waals surface area contributed by atoms with E-state index < -0.39 is 6.03 Å². The van der Waals surface area contributed by atoms with Crippen molar-refractivity contribution in [3.63, 3.8) is 0 Å². The zero-order valence-corrected chi connectivity index (χ0v) is 16.9. The van der Waals surface area contributed by atoms with Crippen LogP contribution >= 0.6 is 11.3 Å². The highest BCUT2D eigenvalue weighted by atomic mass is 32.1. The van der Waals surface area contributed by atoms with Crippen LogP contribution in [0, 0.1) is 0 Å². The number of phenolic OH excluding ortho intramolecular Hbond substituents is 2. The molecular weight excluding hydrogens is 414 g/mol. The molecule has 0 unspecified atom stereocenters. The first kappa shape index (κ1) is 20.0. The number of benzene rings is 3. The fraction of sp³-hybridized carbons (Fsp3) is 0. The van der Waals surface area contributed by atoms with Gasteiger partial charge in [0.15, 0.2) is 0 Å². The maximum Gasteiger partial charge on any atom is 0.341 e. The van der Waals surface area contributed by atoms with E-state index in [2.05, 4.69) is 26.0 Å². The third-order valence-electron chi connectivity index (χ3n) is 4.22. The summed E-state index contributed by atoms with van der Waals surface area (Å²) in [6, 6.07) is 21.9. The molecule has 0 aliphatic rings. The Bertz CT molecular complexity index is 1210. The lowest BCUT2D eigenvalue weighted by Gasteiger charge is -2.08. The third-order valence-corrected chi connectivity index (χ3v) is 5.10. The van der Waals surface area contributed by atoms with Crippen LogP contribution < -0.4 is 10.7 Å². The number of urea groups is 1. The van der Waals surface area contributed by atoms with Gasteiger partial charge in [0.25, 0.3) is 0 Å². The lowest BCUT2D eigenvalue weighted by Crippen LogP contribution is -2.26. The summed E-state index contributed by atoms with van der Waals surface area (Å²) < 4.78 is 0. The second kappa shape index (κ2) is 9.06. The highest BCUT2D eigenvalue weighted by Crippen LogP contribution is 2.27. The first-order valence-corrected chi connectivity index (χ1v) is 10.0. The number of hydrogen-bond acceptors (Lipinski definition) is 7. The zero-order chi connectivity index (χ0) is 21.6. The number of rotatable bonds is 5. The van der Waals surface area contributed by atoms with Crippen molar-refractivity contribution >= 4 is 28.2 Å². The fourth-order valence-corrected chi connectivity index (χ4v) is 3.48. The summed E-state index contributed by atoms with van der Waals surface area (Å²) in [7, 11) is 0. The van der Waals surface area contributed by atoms with Gasteiger partial charge in [-0.2, -0.15) is 5.10 Å². The molecule has 0 fully saturated rings. The predicted molar refractivity (Wildman–Crippen MR) is 119 cm³/mol. The maximum absolute atomic E-state index is 12.4. The van der Waals surface area contributed by atoms with Crippen molar-refractivity contribution in [2.24, 2.45) is 5.10 Å². The Morgan fingerprint density at radius 1 is 0.806 bits per heavy atom. The van der Waals surface area contributed by atoms with Crippen LogP contribution in [0.4, 0.5) is 9.93 Å². The summed E-state index contributed by atoms with van der Waals surface area (Å²) in [5.74, 6) is 0.300. The van der Waals surface area contributed by atoms with E-state index in [1.54, 1.807) is 48.5 Å². The number of hydrazone groups is 1. The van der Waals surface area contributed by atoms with Crippen LogP contribution in [0.1, 0.15) is 11.1 Å². The Morgan fingerprint density at radius 2 is 1.42 bits per heavy atom. The van der Waals surface area contributed by atoms with Crippen molar-refractivity contribution in [1.82, 2.24) is 15.6 Å². The SMILES string of the molecule is O=C(N/N=C(\c1ccccc1)c1ccc(O)cc1)Nc1nnc(-c2ccc(O)cc2)s1. The Kier molecular flexibility index (Phi) is 5.86. The van der Waals surface area contributed by atoms with E-state index in [4.69, 9.17) is 0 Å². The predicted octanol–water partition coefficient (Wildman–Crippen LogP) is 4.19. The highest BCUT2D eigenvalue weighted by Gasteiger charge is 2.11. The van der Waals surface area contributed by atoms with Gasteiger partial charge in [-0.15, -0.1) is 10.2 Å². The highest BCUT2D eigenvalue weighted by molar-refractivity contribution is 7.18. The zero-order valence-electron chi connectivity index (χ0n) is 16.1. The van der Waals surface area contributed by atoms with E-state index in [1.165, 1.54) is 11.3 Å². The summed E-state index contributed by atoms with van der Waals surface area (Å²) in [6.07, 6.45) is 0. The molecule has 0 bridgehead atoms. The summed E-state index contributed by atoms with van der Waals surface area (Å²) in [5.41, 5.74) is 5.33. The van der Waals surface area contributed by atoms with Gasteiger partial charge in [-0.05, 0) is 48.5 Å². The molecule has 0 radical (unpaired) electrons. The van der Waals surface area contributed by atoms with Crippen LogP contribution in [0.2, 0.25) is 0 Å². The largest absolute Gasteiger partial charge is 0.508 e. The molecule has 0 spiro atoms. The minimum absolute atomic E-state index is 0.141. The van der Waals surface area contributed by atoms with Crippen LogP contribution in [-0.2, 0) is 0 Å². The van der Waals surface area contributed by atoms with Crippen LogP contribution in [0.25, 0.3) is 10.6 Å². The summed E-state index contributed by atoms with van der Waals surface area (Å²) in [6.45, 7) is 0. The standard InChI is InChI=1S/C22H17N5O3S/c28-17-10-6-15(7-11-17)19(14-4-2-1-3-5-14)24-26-21(30)23-22-27-25-20(31-22)16-8-12-18(29)13-9-16/h1-13,28-29H,(H2,23,26,27,30)/b24-19+. The average Bonchev–Trinajstić information content (AvgIpc) is 3.24. The first-order valence-electron chi connectivity index (χ1n) is 9.21. The van der Waals surface area contributed by atoms with Crippen molar-refractivity contribution in [2.75, 3.05) is 5.32 Å². The third kappa shape index (κ3) is 5.03. The molecule has 4 aromatic rings. The number of amides is 2. The molecule has 9 heteroatoms. The molecule has 0 aliphatic heterocycles. The minimum atomic E-state index is -0.569. The number of aromatic hydroxyl groups is 2. The number of anilines is 1. The van der Waals surface area contributed by atoms with E-state index in [-0.39, 0.29) is 11.5 Å². The molecule has 8 nitrogen and oxygen atoms in total. The van der Waals surface area contributed by atoms with E-state index >= 15 is 0 Å². The second-order valence-corrected chi connectivity index (χ2v) is 7.38. The lowest BCUT2D eigenvalue weighted by atomic mass is 10.0. The number of carbonyl (C=O) groups is 1. The monoisotopic (exact) mass is 431 g/mol. The normalized spacial score (nSPS) is 11.2. The number of nitrogens with zero attached hydrogens (tertiary/aromatic N) is 3. The summed E-state index contributed by atoms with van der Waals surface area (Å²) in [5, 5.41) is 34.7. The molecular formula is C22H17N5O3S. The molecule has 154 valence electrons. The summed E-state index contributed by atoms with van der Waals surface area (Å²) >= 11 is 1.20. The topological polar surface area (TPSA) is 120 Å². The van der Waals surface area contributed by atoms with E-state index in [9.17, 15) is 15.0 Å². The van der Waals surface area contributed by atoms with Crippen LogP contribution in [0.3, 0.4) is 0 Å². The molecule has 2 amide bonds. The van der Waals surface area contributed by atoms with Gasteiger partial charge in [0.05, 0.1) is 5.71 Å². The average molecular weight is 431 g/mol. The maximum atomic E-state index is 12.4. The Morgan fingerprint density at radius 3 is 2.10 bits per heavy atom. The van der Waals surface area contributed by atoms with Crippen molar-refractivity contribution in [3.05, 3.63) is 90.0 Å². The van der Waals surface area contributed by atoms with Gasteiger partial charge in [0.2, 0.25) is 5.13 Å². The number of aromatic nitrogens is 2. The molecule has 0 atom stereocenters. The quantitative estimate of drug-likeness (QED) is 0.279. The second-order valence-electron chi connectivity index (χ2n) is 6.40. The number of phenols is 2. The van der Waals surface area contributed by atoms with Crippen LogP contribution in [0.5, 0.6) is 11.5 Å².